The van der Waals surface area contributed by atoms with E-state index < -0.39 is 33.9 Å². The molecule has 0 aliphatic carbocycles. The molecule has 0 fully saturated rings. The monoisotopic (exact) mass is 383 g/mol. The lowest BCUT2D eigenvalue weighted by atomic mass is 10.1. The summed E-state index contributed by atoms with van der Waals surface area (Å²) in [6.07, 6.45) is -4.70. The number of carbonyl (C=O) groups excluding carboxylic acids is 1. The van der Waals surface area contributed by atoms with Gasteiger partial charge in [0.1, 0.15) is 16.9 Å². The number of benzene rings is 2. The second-order valence-corrected chi connectivity index (χ2v) is 5.72. The van der Waals surface area contributed by atoms with E-state index in [0.717, 1.165) is 6.07 Å². The zero-order valence-corrected chi connectivity index (χ0v) is 13.5. The molecule has 26 heavy (non-hydrogen) atoms. The molecule has 9 heteroatoms. The highest BCUT2D eigenvalue weighted by Crippen LogP contribution is 2.36. The van der Waals surface area contributed by atoms with Crippen LogP contribution in [0.2, 0.25) is 5.02 Å². The summed E-state index contributed by atoms with van der Waals surface area (Å²) in [4.78, 5) is 24.2. The molecular weight excluding hydrogens is 375 g/mol. The fourth-order valence-electron chi connectivity index (χ4n) is 2.29. The number of alkyl halides is 3. The van der Waals surface area contributed by atoms with E-state index in [0.29, 0.717) is 6.07 Å². The Balaban J connectivity index is 1.97. The summed E-state index contributed by atoms with van der Waals surface area (Å²) in [5.74, 6) is -1.07. The number of halogens is 4. The number of hydrogen-bond acceptors (Lipinski definition) is 4. The molecule has 134 valence electrons. The Morgan fingerprint density at radius 3 is 2.54 bits per heavy atom. The van der Waals surface area contributed by atoms with Crippen LogP contribution in [-0.4, -0.2) is 11.0 Å². The number of nitrogens with one attached hydrogen (secondary N) is 1. The quantitative estimate of drug-likeness (QED) is 0.642. The first kappa shape index (κ1) is 17.8. The van der Waals surface area contributed by atoms with Crippen molar-refractivity contribution < 1.29 is 27.5 Å². The highest BCUT2D eigenvalue weighted by Gasteiger charge is 2.33. The van der Waals surface area contributed by atoms with E-state index >= 15 is 0 Å². The van der Waals surface area contributed by atoms with Crippen molar-refractivity contribution in [3.63, 3.8) is 0 Å². The normalized spacial score (nSPS) is 11.5. The summed E-state index contributed by atoms with van der Waals surface area (Å²) in [7, 11) is 0. The predicted molar refractivity (Wildman–Crippen MR) is 88.6 cm³/mol. The zero-order chi connectivity index (χ0) is 19.1. The molecule has 0 aliphatic heterocycles. The van der Waals surface area contributed by atoms with Crippen molar-refractivity contribution in [3.8, 4) is 5.75 Å². The molecule has 1 aromatic heterocycles. The standard InChI is InChI=1S/C17H9ClF3NO4/c18-13-3-1-9(7-12(13)17(19,20)21)22-15(24)11-6-8-5-10(23)2-4-14(8)26-16(11)25/h1-7,23H,(H,22,24). The maximum absolute atomic E-state index is 12.9. The number of amides is 1. The summed E-state index contributed by atoms with van der Waals surface area (Å²) in [5.41, 5.74) is -2.55. The fraction of sp³-hybridized carbons (Fsp3) is 0.0588. The SMILES string of the molecule is O=C(Nc1ccc(Cl)c(C(F)(F)F)c1)c1cc2cc(O)ccc2oc1=O. The van der Waals surface area contributed by atoms with Crippen molar-refractivity contribution in [2.24, 2.45) is 0 Å². The zero-order valence-electron chi connectivity index (χ0n) is 12.7. The third kappa shape index (κ3) is 3.50. The van der Waals surface area contributed by atoms with Crippen LogP contribution in [0.25, 0.3) is 11.0 Å². The lowest BCUT2D eigenvalue weighted by Crippen LogP contribution is -2.21. The number of rotatable bonds is 2. The van der Waals surface area contributed by atoms with Gasteiger partial charge in [-0.25, -0.2) is 4.79 Å². The van der Waals surface area contributed by atoms with E-state index in [1.54, 1.807) is 0 Å². The minimum absolute atomic E-state index is 0.106. The van der Waals surface area contributed by atoms with Crippen LogP contribution in [0.3, 0.4) is 0 Å². The second-order valence-electron chi connectivity index (χ2n) is 5.32. The van der Waals surface area contributed by atoms with Gasteiger partial charge in [0.15, 0.2) is 0 Å². The van der Waals surface area contributed by atoms with Crippen molar-refractivity contribution in [2.75, 3.05) is 5.32 Å². The van der Waals surface area contributed by atoms with Crippen molar-refractivity contribution in [1.82, 2.24) is 0 Å². The van der Waals surface area contributed by atoms with Gasteiger partial charge in [0.05, 0.1) is 10.6 Å². The van der Waals surface area contributed by atoms with E-state index in [2.05, 4.69) is 5.32 Å². The molecule has 2 aromatic carbocycles. The molecule has 1 amide bonds. The van der Waals surface area contributed by atoms with Crippen molar-refractivity contribution in [2.45, 2.75) is 6.18 Å². The lowest BCUT2D eigenvalue weighted by molar-refractivity contribution is -0.137. The van der Waals surface area contributed by atoms with Gasteiger partial charge in [-0.05, 0) is 42.5 Å². The maximum Gasteiger partial charge on any atom is 0.417 e. The number of anilines is 1. The van der Waals surface area contributed by atoms with Crippen LogP contribution in [-0.2, 0) is 6.18 Å². The minimum Gasteiger partial charge on any atom is -0.508 e. The molecule has 0 radical (unpaired) electrons. The van der Waals surface area contributed by atoms with E-state index in [1.807, 2.05) is 0 Å². The van der Waals surface area contributed by atoms with Gasteiger partial charge >= 0.3 is 11.8 Å². The van der Waals surface area contributed by atoms with Gasteiger partial charge in [-0.15, -0.1) is 0 Å². The molecule has 3 rings (SSSR count). The Morgan fingerprint density at radius 2 is 1.85 bits per heavy atom. The largest absolute Gasteiger partial charge is 0.508 e. The second kappa shape index (κ2) is 6.38. The maximum atomic E-state index is 12.9. The van der Waals surface area contributed by atoms with Crippen LogP contribution in [0.15, 0.2) is 51.7 Å². The van der Waals surface area contributed by atoms with E-state index in [1.165, 1.54) is 30.3 Å². The molecule has 5 nitrogen and oxygen atoms in total. The van der Waals surface area contributed by atoms with Crippen LogP contribution in [0, 0.1) is 0 Å². The number of aromatic hydroxyl groups is 1. The Labute approximate surface area is 148 Å². The van der Waals surface area contributed by atoms with Crippen LogP contribution >= 0.6 is 11.6 Å². The summed E-state index contributed by atoms with van der Waals surface area (Å²) >= 11 is 5.52. The van der Waals surface area contributed by atoms with E-state index in [-0.39, 0.29) is 22.4 Å². The van der Waals surface area contributed by atoms with Crippen LogP contribution < -0.4 is 10.9 Å². The number of phenolic OH excluding ortho intramolecular Hbond substituents is 1. The number of carbonyl (C=O) groups is 1. The first-order valence-electron chi connectivity index (χ1n) is 7.10. The summed E-state index contributed by atoms with van der Waals surface area (Å²) < 4.78 is 43.6. The lowest BCUT2D eigenvalue weighted by Gasteiger charge is -2.11. The molecule has 0 saturated heterocycles. The van der Waals surface area contributed by atoms with E-state index in [9.17, 15) is 27.9 Å². The first-order chi connectivity index (χ1) is 12.1. The molecule has 0 unspecified atom stereocenters. The van der Waals surface area contributed by atoms with Crippen molar-refractivity contribution in [3.05, 3.63) is 69.0 Å². The minimum atomic E-state index is -4.70. The Hall–Kier alpha value is -3.00. The molecule has 0 saturated carbocycles. The number of phenols is 1. The number of fused-ring (bicyclic) bond motifs is 1. The van der Waals surface area contributed by atoms with Gasteiger partial charge < -0.3 is 14.8 Å². The van der Waals surface area contributed by atoms with Gasteiger partial charge in [0.25, 0.3) is 5.91 Å². The van der Waals surface area contributed by atoms with Gasteiger partial charge in [0.2, 0.25) is 0 Å². The van der Waals surface area contributed by atoms with Gasteiger partial charge in [-0.2, -0.15) is 13.2 Å². The highest BCUT2D eigenvalue weighted by atomic mass is 35.5. The molecule has 0 atom stereocenters. The highest BCUT2D eigenvalue weighted by molar-refractivity contribution is 6.31. The van der Waals surface area contributed by atoms with Gasteiger partial charge in [0, 0.05) is 11.1 Å². The molecule has 0 bridgehead atoms. The van der Waals surface area contributed by atoms with Crippen molar-refractivity contribution in [1.29, 1.82) is 0 Å². The molecule has 0 spiro atoms. The van der Waals surface area contributed by atoms with Crippen LogP contribution in [0.1, 0.15) is 15.9 Å². The average Bonchev–Trinajstić information content (AvgIpc) is 2.55. The third-order valence-corrected chi connectivity index (χ3v) is 3.82. The fourth-order valence-corrected chi connectivity index (χ4v) is 2.51. The smallest absolute Gasteiger partial charge is 0.417 e. The van der Waals surface area contributed by atoms with Crippen LogP contribution in [0.4, 0.5) is 18.9 Å². The van der Waals surface area contributed by atoms with Crippen molar-refractivity contribution >= 4 is 34.2 Å². The predicted octanol–water partition coefficient (Wildman–Crippen LogP) is 4.42. The summed E-state index contributed by atoms with van der Waals surface area (Å²) in [6.45, 7) is 0. The third-order valence-electron chi connectivity index (χ3n) is 3.49. The molecule has 3 aromatic rings. The van der Waals surface area contributed by atoms with Gasteiger partial charge in [-0.3, -0.25) is 4.79 Å². The Kier molecular flexibility index (Phi) is 4.37. The average molecular weight is 384 g/mol. The van der Waals surface area contributed by atoms with Crippen LogP contribution in [0.5, 0.6) is 5.75 Å². The molecule has 1 heterocycles. The Bertz CT molecular complexity index is 1080. The number of hydrogen-bond donors (Lipinski definition) is 2. The first-order valence-corrected chi connectivity index (χ1v) is 7.48. The summed E-state index contributed by atoms with van der Waals surface area (Å²) in [6, 6.07) is 7.93. The molecule has 2 N–H and O–H groups in total. The van der Waals surface area contributed by atoms with Gasteiger partial charge in [-0.1, -0.05) is 11.6 Å². The topological polar surface area (TPSA) is 79.5 Å². The molecular formula is C17H9ClF3NO4. The van der Waals surface area contributed by atoms with E-state index in [4.69, 9.17) is 16.0 Å². The summed E-state index contributed by atoms with van der Waals surface area (Å²) in [5, 5.41) is 11.4. The molecule has 0 aliphatic rings. The Morgan fingerprint density at radius 1 is 1.12 bits per heavy atom.